The fourth-order valence-corrected chi connectivity index (χ4v) is 2.56. The van der Waals surface area contributed by atoms with Crippen molar-refractivity contribution in [2.45, 2.75) is 45.2 Å². The predicted octanol–water partition coefficient (Wildman–Crippen LogP) is 1.67. The molecule has 0 aromatic carbocycles. The Balaban J connectivity index is 1.99. The highest BCUT2D eigenvalue weighted by atomic mass is 16.1. The lowest BCUT2D eigenvalue weighted by atomic mass is 10.0. The van der Waals surface area contributed by atoms with Crippen LogP contribution < -0.4 is 11.3 Å². The first-order valence-corrected chi connectivity index (χ1v) is 6.10. The summed E-state index contributed by atoms with van der Waals surface area (Å²) in [6, 6.07) is 4.14. The van der Waals surface area contributed by atoms with Crippen molar-refractivity contribution in [3.8, 4) is 0 Å². The minimum absolute atomic E-state index is 0.133. The summed E-state index contributed by atoms with van der Waals surface area (Å²) in [6.07, 6.45) is 6.52. The number of hydrogen-bond donors (Lipinski definition) is 1. The summed E-state index contributed by atoms with van der Waals surface area (Å²) in [4.78, 5) is 11.8. The second-order valence-corrected chi connectivity index (χ2v) is 4.83. The molecule has 0 spiro atoms. The fourth-order valence-electron chi connectivity index (χ4n) is 2.56. The van der Waals surface area contributed by atoms with Crippen LogP contribution in [0.15, 0.2) is 23.1 Å². The zero-order chi connectivity index (χ0) is 11.5. The van der Waals surface area contributed by atoms with E-state index in [2.05, 4.69) is 0 Å². The first kappa shape index (κ1) is 11.4. The second kappa shape index (κ2) is 4.83. The molecule has 0 saturated heterocycles. The zero-order valence-corrected chi connectivity index (χ0v) is 9.86. The van der Waals surface area contributed by atoms with Crippen molar-refractivity contribution in [1.29, 1.82) is 0 Å². The molecule has 3 nitrogen and oxygen atoms in total. The number of nitrogens with zero attached hydrogens (tertiary/aromatic N) is 1. The Hall–Kier alpha value is -1.09. The predicted molar refractivity (Wildman–Crippen MR) is 65.4 cm³/mol. The molecule has 0 bridgehead atoms. The lowest BCUT2D eigenvalue weighted by Crippen LogP contribution is -2.28. The van der Waals surface area contributed by atoms with E-state index in [4.69, 9.17) is 5.73 Å². The van der Waals surface area contributed by atoms with Gasteiger partial charge in [-0.3, -0.25) is 4.79 Å². The minimum atomic E-state index is 0.133. The van der Waals surface area contributed by atoms with Gasteiger partial charge >= 0.3 is 0 Å². The van der Waals surface area contributed by atoms with E-state index in [1.165, 1.54) is 12.8 Å². The average molecular weight is 220 g/mol. The Kier molecular flexibility index (Phi) is 3.44. The highest BCUT2D eigenvalue weighted by Gasteiger charge is 2.23. The van der Waals surface area contributed by atoms with Crippen molar-refractivity contribution < 1.29 is 0 Å². The van der Waals surface area contributed by atoms with Gasteiger partial charge in [0, 0.05) is 24.3 Å². The molecule has 16 heavy (non-hydrogen) atoms. The molecule has 1 aromatic heterocycles. The number of aryl methyl sites for hydroxylation is 2. The van der Waals surface area contributed by atoms with Crippen molar-refractivity contribution in [2.24, 2.45) is 11.7 Å². The van der Waals surface area contributed by atoms with E-state index in [1.54, 1.807) is 4.57 Å². The summed E-state index contributed by atoms with van der Waals surface area (Å²) >= 11 is 0. The molecule has 0 aliphatic heterocycles. The summed E-state index contributed by atoms with van der Waals surface area (Å²) in [5.41, 5.74) is 6.97. The number of pyridine rings is 1. The van der Waals surface area contributed by atoms with Gasteiger partial charge in [-0.25, -0.2) is 0 Å². The highest BCUT2D eigenvalue weighted by Crippen LogP contribution is 2.26. The van der Waals surface area contributed by atoms with E-state index in [0.717, 1.165) is 24.9 Å². The number of hydrogen-bond acceptors (Lipinski definition) is 2. The van der Waals surface area contributed by atoms with Crippen LogP contribution in [0.2, 0.25) is 0 Å². The van der Waals surface area contributed by atoms with Crippen LogP contribution in [0.3, 0.4) is 0 Å². The molecule has 0 amide bonds. The van der Waals surface area contributed by atoms with Crippen LogP contribution in [0.1, 0.15) is 31.2 Å². The Morgan fingerprint density at radius 2 is 2.31 bits per heavy atom. The first-order chi connectivity index (χ1) is 7.68. The van der Waals surface area contributed by atoms with Gasteiger partial charge in [0.2, 0.25) is 0 Å². The van der Waals surface area contributed by atoms with Gasteiger partial charge in [-0.05, 0) is 38.2 Å². The van der Waals surface area contributed by atoms with E-state index in [0.29, 0.717) is 12.0 Å². The van der Waals surface area contributed by atoms with Crippen LogP contribution in [-0.2, 0) is 6.54 Å². The topological polar surface area (TPSA) is 48.0 Å². The van der Waals surface area contributed by atoms with E-state index < -0.39 is 0 Å². The lowest BCUT2D eigenvalue weighted by Gasteiger charge is -2.15. The molecule has 1 heterocycles. The molecule has 2 rings (SSSR count). The van der Waals surface area contributed by atoms with E-state index >= 15 is 0 Å². The van der Waals surface area contributed by atoms with Gasteiger partial charge in [0.15, 0.2) is 0 Å². The Morgan fingerprint density at radius 3 is 3.00 bits per heavy atom. The molecule has 1 saturated carbocycles. The maximum Gasteiger partial charge on any atom is 0.253 e. The maximum absolute atomic E-state index is 11.8. The quantitative estimate of drug-likeness (QED) is 0.842. The molecular weight excluding hydrogens is 200 g/mol. The fraction of sp³-hybridized carbons (Fsp3) is 0.615. The van der Waals surface area contributed by atoms with Crippen molar-refractivity contribution in [3.05, 3.63) is 34.2 Å². The molecule has 1 fully saturated rings. The number of nitrogens with two attached hydrogens (primary N) is 1. The second-order valence-electron chi connectivity index (χ2n) is 4.83. The van der Waals surface area contributed by atoms with Gasteiger partial charge in [0.1, 0.15) is 0 Å². The third-order valence-corrected chi connectivity index (χ3v) is 3.67. The molecule has 2 N–H and O–H groups in total. The van der Waals surface area contributed by atoms with Crippen LogP contribution in [0.4, 0.5) is 0 Å². The molecule has 88 valence electrons. The summed E-state index contributed by atoms with van der Waals surface area (Å²) in [5, 5.41) is 0. The normalized spacial score (nSPS) is 24.9. The van der Waals surface area contributed by atoms with Gasteiger partial charge < -0.3 is 10.3 Å². The van der Waals surface area contributed by atoms with Crippen molar-refractivity contribution in [2.75, 3.05) is 0 Å². The third-order valence-electron chi connectivity index (χ3n) is 3.67. The number of aromatic nitrogens is 1. The zero-order valence-electron chi connectivity index (χ0n) is 9.86. The maximum atomic E-state index is 11.8. The van der Waals surface area contributed by atoms with E-state index in [9.17, 15) is 4.79 Å². The van der Waals surface area contributed by atoms with Gasteiger partial charge in [0.05, 0.1) is 0 Å². The molecule has 1 aromatic rings. The molecule has 2 atom stereocenters. The monoisotopic (exact) mass is 220 g/mol. The van der Waals surface area contributed by atoms with Gasteiger partial charge in [-0.1, -0.05) is 12.5 Å². The smallest absolute Gasteiger partial charge is 0.253 e. The minimum Gasteiger partial charge on any atom is -0.327 e. The molecule has 1 aliphatic rings. The summed E-state index contributed by atoms with van der Waals surface area (Å²) < 4.78 is 1.81. The molecule has 1 aliphatic carbocycles. The summed E-state index contributed by atoms with van der Waals surface area (Å²) in [7, 11) is 0. The Labute approximate surface area is 96.3 Å². The van der Waals surface area contributed by atoms with Crippen LogP contribution in [0.5, 0.6) is 0 Å². The highest BCUT2D eigenvalue weighted by molar-refractivity contribution is 5.07. The molecule has 3 heteroatoms. The van der Waals surface area contributed by atoms with Gasteiger partial charge in [-0.2, -0.15) is 0 Å². The molecule has 2 unspecified atom stereocenters. The first-order valence-electron chi connectivity index (χ1n) is 6.10. The van der Waals surface area contributed by atoms with Crippen LogP contribution >= 0.6 is 0 Å². The van der Waals surface area contributed by atoms with Crippen molar-refractivity contribution in [1.82, 2.24) is 4.57 Å². The van der Waals surface area contributed by atoms with Crippen LogP contribution in [-0.4, -0.2) is 10.6 Å². The standard InChI is InChI=1S/C13H20N2O/c1-10-4-3-8-15(13(10)16)9-7-11-5-2-6-12(11)14/h3-4,8,11-12H,2,5-7,9,14H2,1H3. The van der Waals surface area contributed by atoms with Crippen molar-refractivity contribution >= 4 is 0 Å². The Bertz CT molecular complexity index is 411. The Morgan fingerprint density at radius 1 is 1.50 bits per heavy atom. The molecule has 0 radical (unpaired) electrons. The number of rotatable bonds is 3. The molecular formula is C13H20N2O. The van der Waals surface area contributed by atoms with Crippen LogP contribution in [0, 0.1) is 12.8 Å². The van der Waals surface area contributed by atoms with E-state index in [1.807, 2.05) is 25.3 Å². The summed E-state index contributed by atoms with van der Waals surface area (Å²) in [5.74, 6) is 0.604. The van der Waals surface area contributed by atoms with Gasteiger partial charge in [0.25, 0.3) is 5.56 Å². The summed E-state index contributed by atoms with van der Waals surface area (Å²) in [6.45, 7) is 2.67. The SMILES string of the molecule is Cc1cccn(CCC2CCCC2N)c1=O. The van der Waals surface area contributed by atoms with Gasteiger partial charge in [-0.15, -0.1) is 0 Å². The van der Waals surface area contributed by atoms with E-state index in [-0.39, 0.29) is 5.56 Å². The largest absolute Gasteiger partial charge is 0.327 e. The third kappa shape index (κ3) is 2.35. The van der Waals surface area contributed by atoms with Crippen LogP contribution in [0.25, 0.3) is 0 Å². The average Bonchev–Trinajstić information content (AvgIpc) is 2.67. The van der Waals surface area contributed by atoms with Crippen molar-refractivity contribution in [3.63, 3.8) is 0 Å². The lowest BCUT2D eigenvalue weighted by molar-refractivity contribution is 0.411.